The highest BCUT2D eigenvalue weighted by Gasteiger charge is 2.10. The molecule has 0 heterocycles. The number of nitrogens with one attached hydrogen (secondary N) is 1. The van der Waals surface area contributed by atoms with Crippen molar-refractivity contribution in [3.63, 3.8) is 0 Å². The molecule has 7 nitrogen and oxygen atoms in total. The zero-order valence-electron chi connectivity index (χ0n) is 16.5. The summed E-state index contributed by atoms with van der Waals surface area (Å²) < 4.78 is 20.7. The van der Waals surface area contributed by atoms with E-state index in [-0.39, 0.29) is 19.8 Å². The van der Waals surface area contributed by atoms with Crippen molar-refractivity contribution < 1.29 is 28.5 Å². The summed E-state index contributed by atoms with van der Waals surface area (Å²) in [5.74, 6) is 0.742. The van der Waals surface area contributed by atoms with E-state index in [1.165, 1.54) is 0 Å². The lowest BCUT2D eigenvalue weighted by molar-refractivity contribution is -0.150. The second kappa shape index (κ2) is 10.2. The van der Waals surface area contributed by atoms with Crippen LogP contribution in [0.25, 0.3) is 0 Å². The van der Waals surface area contributed by atoms with Gasteiger partial charge in [0.2, 0.25) is 0 Å². The maximum Gasteiger partial charge on any atom is 0.344 e. The number of carbonyl (C=O) groups is 2. The minimum atomic E-state index is -0.612. The lowest BCUT2D eigenvalue weighted by Gasteiger charge is -2.11. The van der Waals surface area contributed by atoms with Crippen molar-refractivity contribution in [3.05, 3.63) is 53.1 Å². The molecular formula is C21H25NO6. The Morgan fingerprint density at radius 2 is 1.64 bits per heavy atom. The molecule has 150 valence electrons. The first-order valence-corrected chi connectivity index (χ1v) is 8.76. The topological polar surface area (TPSA) is 83.1 Å². The molecule has 2 aromatic rings. The molecule has 1 N–H and O–H groups in total. The van der Waals surface area contributed by atoms with Gasteiger partial charge in [0, 0.05) is 6.54 Å². The van der Waals surface area contributed by atoms with Gasteiger partial charge in [-0.3, -0.25) is 4.79 Å². The molecule has 0 aliphatic rings. The Balaban J connectivity index is 1.73. The van der Waals surface area contributed by atoms with Crippen LogP contribution in [0.3, 0.4) is 0 Å². The van der Waals surface area contributed by atoms with E-state index < -0.39 is 11.9 Å². The molecule has 28 heavy (non-hydrogen) atoms. The van der Waals surface area contributed by atoms with Crippen LogP contribution in [0.15, 0.2) is 36.4 Å². The minimum absolute atomic E-state index is 0.258. The molecule has 0 saturated carbocycles. The zero-order chi connectivity index (χ0) is 20.5. The fourth-order valence-electron chi connectivity index (χ4n) is 2.38. The number of esters is 1. The van der Waals surface area contributed by atoms with E-state index >= 15 is 0 Å². The van der Waals surface area contributed by atoms with E-state index in [2.05, 4.69) is 5.32 Å². The van der Waals surface area contributed by atoms with E-state index in [1.807, 2.05) is 32.0 Å². The van der Waals surface area contributed by atoms with E-state index in [4.69, 9.17) is 18.9 Å². The second-order valence-corrected chi connectivity index (χ2v) is 6.16. The van der Waals surface area contributed by atoms with Crippen LogP contribution in [-0.2, 0) is 20.9 Å². The summed E-state index contributed by atoms with van der Waals surface area (Å²) >= 11 is 0. The van der Waals surface area contributed by atoms with Gasteiger partial charge in [0.05, 0.1) is 14.2 Å². The Morgan fingerprint density at radius 1 is 0.893 bits per heavy atom. The third kappa shape index (κ3) is 6.19. The van der Waals surface area contributed by atoms with Crippen LogP contribution in [0, 0.1) is 13.8 Å². The van der Waals surface area contributed by atoms with E-state index in [1.54, 1.807) is 32.4 Å². The standard InChI is InChI=1S/C21H25NO6/c1-14-5-7-17(9-15(14)2)27-13-21(24)28-12-20(23)22-11-16-6-8-18(25-3)19(10-16)26-4/h5-10H,11-13H2,1-4H3,(H,22,23). The molecular weight excluding hydrogens is 362 g/mol. The Hall–Kier alpha value is -3.22. The Labute approximate surface area is 164 Å². The molecule has 0 atom stereocenters. The number of ether oxygens (including phenoxy) is 4. The van der Waals surface area contributed by atoms with Gasteiger partial charge in [-0.25, -0.2) is 4.79 Å². The number of benzene rings is 2. The lowest BCUT2D eigenvalue weighted by atomic mass is 10.1. The second-order valence-electron chi connectivity index (χ2n) is 6.16. The van der Waals surface area contributed by atoms with Gasteiger partial charge < -0.3 is 24.3 Å². The predicted molar refractivity (Wildman–Crippen MR) is 104 cm³/mol. The summed E-state index contributed by atoms with van der Waals surface area (Å²) in [5, 5.41) is 2.68. The largest absolute Gasteiger partial charge is 0.493 e. The van der Waals surface area contributed by atoms with Crippen molar-refractivity contribution in [2.75, 3.05) is 27.4 Å². The first kappa shape index (κ1) is 21.1. The minimum Gasteiger partial charge on any atom is -0.493 e. The Bertz CT molecular complexity index is 834. The SMILES string of the molecule is COc1ccc(CNC(=O)COC(=O)COc2ccc(C)c(C)c2)cc1OC. The highest BCUT2D eigenvalue weighted by molar-refractivity contribution is 5.80. The maximum atomic E-state index is 11.9. The average molecular weight is 387 g/mol. The quantitative estimate of drug-likeness (QED) is 0.666. The first-order chi connectivity index (χ1) is 13.4. The fraction of sp³-hybridized carbons (Fsp3) is 0.333. The summed E-state index contributed by atoms with van der Waals surface area (Å²) in [6, 6.07) is 10.9. The van der Waals surface area contributed by atoms with Crippen molar-refractivity contribution >= 4 is 11.9 Å². The van der Waals surface area contributed by atoms with Crippen molar-refractivity contribution in [3.8, 4) is 17.2 Å². The molecule has 2 rings (SSSR count). The van der Waals surface area contributed by atoms with E-state index in [0.29, 0.717) is 17.2 Å². The van der Waals surface area contributed by atoms with Gasteiger partial charge >= 0.3 is 5.97 Å². The third-order valence-corrected chi connectivity index (χ3v) is 4.14. The predicted octanol–water partition coefficient (Wildman–Crippen LogP) is 2.56. The summed E-state index contributed by atoms with van der Waals surface area (Å²) in [4.78, 5) is 23.6. The molecule has 0 fully saturated rings. The first-order valence-electron chi connectivity index (χ1n) is 8.76. The molecule has 7 heteroatoms. The normalized spacial score (nSPS) is 10.1. The van der Waals surface area contributed by atoms with Gasteiger partial charge in [0.25, 0.3) is 5.91 Å². The molecule has 2 aromatic carbocycles. The third-order valence-electron chi connectivity index (χ3n) is 4.14. The number of carbonyl (C=O) groups excluding carboxylic acids is 2. The molecule has 0 saturated heterocycles. The number of hydrogen-bond donors (Lipinski definition) is 1. The summed E-state index contributed by atoms with van der Waals surface area (Å²) in [7, 11) is 3.09. The molecule has 0 bridgehead atoms. The van der Waals surface area contributed by atoms with Crippen LogP contribution in [-0.4, -0.2) is 39.3 Å². The monoisotopic (exact) mass is 387 g/mol. The molecule has 0 aliphatic heterocycles. The molecule has 0 aliphatic carbocycles. The number of aryl methyl sites for hydroxylation is 2. The van der Waals surface area contributed by atoms with Gasteiger partial charge in [0.1, 0.15) is 5.75 Å². The van der Waals surface area contributed by atoms with E-state index in [0.717, 1.165) is 16.7 Å². The number of amides is 1. The molecule has 0 spiro atoms. The van der Waals surface area contributed by atoms with Crippen LogP contribution in [0.1, 0.15) is 16.7 Å². The molecule has 1 amide bonds. The zero-order valence-corrected chi connectivity index (χ0v) is 16.5. The highest BCUT2D eigenvalue weighted by Crippen LogP contribution is 2.27. The summed E-state index contributed by atoms with van der Waals surface area (Å²) in [5.41, 5.74) is 3.04. The maximum absolute atomic E-state index is 11.9. The van der Waals surface area contributed by atoms with Gasteiger partial charge in [0.15, 0.2) is 24.7 Å². The summed E-state index contributed by atoms with van der Waals surface area (Å²) in [6.07, 6.45) is 0. The molecule has 0 radical (unpaired) electrons. The van der Waals surface area contributed by atoms with Crippen molar-refractivity contribution in [2.45, 2.75) is 20.4 Å². The Kier molecular flexibility index (Phi) is 7.68. The van der Waals surface area contributed by atoms with Crippen LogP contribution in [0.5, 0.6) is 17.2 Å². The van der Waals surface area contributed by atoms with Gasteiger partial charge in [-0.2, -0.15) is 0 Å². The molecule has 0 unspecified atom stereocenters. The van der Waals surface area contributed by atoms with Gasteiger partial charge in [-0.05, 0) is 54.8 Å². The van der Waals surface area contributed by atoms with Crippen LogP contribution in [0.4, 0.5) is 0 Å². The molecule has 0 aromatic heterocycles. The van der Waals surface area contributed by atoms with Crippen molar-refractivity contribution in [1.29, 1.82) is 0 Å². The number of methoxy groups -OCH3 is 2. The van der Waals surface area contributed by atoms with Crippen molar-refractivity contribution in [2.24, 2.45) is 0 Å². The Morgan fingerprint density at radius 3 is 2.32 bits per heavy atom. The summed E-state index contributed by atoms with van der Waals surface area (Å²) in [6.45, 7) is 3.60. The van der Waals surface area contributed by atoms with Crippen LogP contribution >= 0.6 is 0 Å². The van der Waals surface area contributed by atoms with Crippen molar-refractivity contribution in [1.82, 2.24) is 5.32 Å². The van der Waals surface area contributed by atoms with E-state index in [9.17, 15) is 9.59 Å². The number of rotatable bonds is 9. The van der Waals surface area contributed by atoms with Gasteiger partial charge in [-0.1, -0.05) is 12.1 Å². The average Bonchev–Trinajstić information content (AvgIpc) is 2.71. The fourth-order valence-corrected chi connectivity index (χ4v) is 2.38. The van der Waals surface area contributed by atoms with Crippen LogP contribution < -0.4 is 19.5 Å². The smallest absolute Gasteiger partial charge is 0.344 e. The van der Waals surface area contributed by atoms with Gasteiger partial charge in [-0.15, -0.1) is 0 Å². The van der Waals surface area contributed by atoms with Crippen LogP contribution in [0.2, 0.25) is 0 Å². The highest BCUT2D eigenvalue weighted by atomic mass is 16.6. The lowest BCUT2D eigenvalue weighted by Crippen LogP contribution is -2.29. The number of hydrogen-bond acceptors (Lipinski definition) is 6.